The summed E-state index contributed by atoms with van der Waals surface area (Å²) >= 11 is 0. The zero-order valence-electron chi connectivity index (χ0n) is 15.1. The molecule has 1 aromatic carbocycles. The number of likely N-dealkylation sites (N-methyl/N-ethyl adjacent to an activating group) is 2. The molecule has 0 spiro atoms. The van der Waals surface area contributed by atoms with Crippen LogP contribution in [0.2, 0.25) is 0 Å². The maximum atomic E-state index is 12.2. The van der Waals surface area contributed by atoms with E-state index < -0.39 is 10.0 Å². The smallest absolute Gasteiger partial charge is 0.279 e. The summed E-state index contributed by atoms with van der Waals surface area (Å²) in [6.45, 7) is 5.25. The van der Waals surface area contributed by atoms with Gasteiger partial charge in [-0.1, -0.05) is 6.07 Å². The molecule has 1 atom stereocenters. The lowest BCUT2D eigenvalue weighted by atomic mass is 10.3. The Labute approximate surface area is 149 Å². The second-order valence-electron chi connectivity index (χ2n) is 5.77. The van der Waals surface area contributed by atoms with Crippen LogP contribution in [-0.2, 0) is 19.6 Å². The fraction of sp³-hybridized carbons (Fsp3) is 0.500. The van der Waals surface area contributed by atoms with Crippen LogP contribution in [0.5, 0.6) is 0 Å². The maximum absolute atomic E-state index is 12.2. The van der Waals surface area contributed by atoms with Crippen molar-refractivity contribution in [3.05, 3.63) is 24.3 Å². The van der Waals surface area contributed by atoms with Gasteiger partial charge >= 0.3 is 0 Å². The number of nitrogens with one attached hydrogen (secondary N) is 3. The van der Waals surface area contributed by atoms with E-state index in [2.05, 4.69) is 10.6 Å². The summed E-state index contributed by atoms with van der Waals surface area (Å²) in [7, 11) is -0.664. The lowest BCUT2D eigenvalue weighted by Gasteiger charge is -2.17. The van der Waals surface area contributed by atoms with Crippen LogP contribution in [0.1, 0.15) is 13.8 Å². The average molecular weight is 371 g/mol. The van der Waals surface area contributed by atoms with E-state index in [4.69, 9.17) is 0 Å². The minimum atomic E-state index is -3.56. The van der Waals surface area contributed by atoms with Crippen molar-refractivity contribution in [2.24, 2.45) is 0 Å². The van der Waals surface area contributed by atoms with Gasteiger partial charge in [0, 0.05) is 26.3 Å². The summed E-state index contributed by atoms with van der Waals surface area (Å²) in [4.78, 5) is 24.8. The van der Waals surface area contributed by atoms with E-state index in [1.54, 1.807) is 12.1 Å². The van der Waals surface area contributed by atoms with Gasteiger partial charge in [-0.05, 0) is 32.0 Å². The lowest BCUT2D eigenvalue weighted by Crippen LogP contribution is -3.14. The van der Waals surface area contributed by atoms with Gasteiger partial charge in [-0.15, -0.1) is 0 Å². The predicted molar refractivity (Wildman–Crippen MR) is 95.9 cm³/mol. The molecule has 0 radical (unpaired) electrons. The first kappa shape index (κ1) is 21.1. The van der Waals surface area contributed by atoms with Crippen molar-refractivity contribution in [2.75, 3.05) is 45.6 Å². The quantitative estimate of drug-likeness (QED) is 0.514. The van der Waals surface area contributed by atoms with Gasteiger partial charge in [-0.25, -0.2) is 12.7 Å². The second-order valence-corrected chi connectivity index (χ2v) is 7.93. The number of quaternary nitrogens is 1. The number of carbonyl (C=O) groups excluding carboxylic acids is 2. The Morgan fingerprint density at radius 2 is 1.76 bits per heavy atom. The molecule has 0 heterocycles. The summed E-state index contributed by atoms with van der Waals surface area (Å²) in [6, 6.07) is 6.10. The van der Waals surface area contributed by atoms with Crippen molar-refractivity contribution >= 4 is 27.5 Å². The van der Waals surface area contributed by atoms with E-state index in [1.807, 2.05) is 13.8 Å². The van der Waals surface area contributed by atoms with Crippen molar-refractivity contribution < 1.29 is 22.9 Å². The molecule has 0 aliphatic heterocycles. The third-order valence-corrected chi connectivity index (χ3v) is 5.40. The molecular formula is C16H27N4O4S+. The molecule has 8 nitrogen and oxygen atoms in total. The molecule has 1 aromatic rings. The third kappa shape index (κ3) is 6.45. The lowest BCUT2D eigenvalue weighted by molar-refractivity contribution is -0.881. The zero-order chi connectivity index (χ0) is 19.0. The number of carbonyl (C=O) groups is 2. The number of nitrogens with zero attached hydrogens (tertiary/aromatic N) is 1. The largest absolute Gasteiger partial charge is 0.351 e. The van der Waals surface area contributed by atoms with Gasteiger partial charge in [-0.3, -0.25) is 9.59 Å². The third-order valence-electron chi connectivity index (χ3n) is 3.59. The molecule has 25 heavy (non-hydrogen) atoms. The monoisotopic (exact) mass is 371 g/mol. The summed E-state index contributed by atoms with van der Waals surface area (Å²) < 4.78 is 25.4. The number of hydrogen-bond acceptors (Lipinski definition) is 4. The Morgan fingerprint density at radius 1 is 1.12 bits per heavy atom. The average Bonchev–Trinajstić information content (AvgIpc) is 2.54. The van der Waals surface area contributed by atoms with E-state index in [-0.39, 0.29) is 29.8 Å². The highest BCUT2D eigenvalue weighted by Crippen LogP contribution is 2.17. The van der Waals surface area contributed by atoms with E-state index >= 15 is 0 Å². The van der Waals surface area contributed by atoms with Crippen molar-refractivity contribution in [1.82, 2.24) is 9.62 Å². The Bertz CT molecular complexity index is 704. The highest BCUT2D eigenvalue weighted by molar-refractivity contribution is 7.89. The molecule has 2 amide bonds. The summed E-state index contributed by atoms with van der Waals surface area (Å²) in [5.74, 6) is -0.383. The zero-order valence-corrected chi connectivity index (χ0v) is 15.9. The number of amides is 2. The molecule has 0 bridgehead atoms. The van der Waals surface area contributed by atoms with Gasteiger partial charge in [0.05, 0.1) is 11.4 Å². The molecule has 9 heteroatoms. The number of anilines is 1. The summed E-state index contributed by atoms with van der Waals surface area (Å²) in [5.41, 5.74) is 0.404. The van der Waals surface area contributed by atoms with Crippen LogP contribution >= 0.6 is 0 Å². The number of rotatable bonds is 9. The van der Waals surface area contributed by atoms with Crippen LogP contribution < -0.4 is 15.5 Å². The van der Waals surface area contributed by atoms with Crippen LogP contribution in [-0.4, -0.2) is 64.8 Å². The van der Waals surface area contributed by atoms with Crippen molar-refractivity contribution in [3.63, 3.8) is 0 Å². The number of hydrogen-bond donors (Lipinski definition) is 3. The van der Waals surface area contributed by atoms with Crippen molar-refractivity contribution in [2.45, 2.75) is 18.7 Å². The fourth-order valence-electron chi connectivity index (χ4n) is 2.18. The SMILES string of the molecule is CCNC(=O)C[NH+](CC)CC(=O)Nc1cccc(S(=O)(=O)N(C)C)c1. The van der Waals surface area contributed by atoms with E-state index in [0.29, 0.717) is 18.8 Å². The van der Waals surface area contributed by atoms with Crippen LogP contribution in [0.25, 0.3) is 0 Å². The topological polar surface area (TPSA) is 100 Å². The second kappa shape index (κ2) is 9.50. The first-order chi connectivity index (χ1) is 11.7. The van der Waals surface area contributed by atoms with E-state index in [1.165, 1.54) is 26.2 Å². The highest BCUT2D eigenvalue weighted by atomic mass is 32.2. The molecule has 0 saturated heterocycles. The Hall–Kier alpha value is -1.97. The van der Waals surface area contributed by atoms with E-state index in [0.717, 1.165) is 9.21 Å². The standard InChI is InChI=1S/C16H26N4O4S/c1-5-17-15(21)11-20(6-2)12-16(22)18-13-8-7-9-14(10-13)25(23,24)19(3)4/h7-10H,5-6,11-12H2,1-4H3,(H,17,21)(H,18,22)/p+1. The van der Waals surface area contributed by atoms with Gasteiger partial charge in [0.2, 0.25) is 10.0 Å². The first-order valence-electron chi connectivity index (χ1n) is 8.13. The first-order valence-corrected chi connectivity index (χ1v) is 9.57. The van der Waals surface area contributed by atoms with Gasteiger partial charge in [0.25, 0.3) is 11.8 Å². The van der Waals surface area contributed by atoms with Crippen LogP contribution in [0.4, 0.5) is 5.69 Å². The molecule has 0 aliphatic carbocycles. The maximum Gasteiger partial charge on any atom is 0.279 e. The molecule has 0 aliphatic rings. The van der Waals surface area contributed by atoms with Crippen molar-refractivity contribution in [3.8, 4) is 0 Å². The number of sulfonamides is 1. The van der Waals surface area contributed by atoms with Gasteiger partial charge < -0.3 is 15.5 Å². The normalized spacial score (nSPS) is 12.7. The van der Waals surface area contributed by atoms with Crippen LogP contribution in [0.15, 0.2) is 29.2 Å². The minimum absolute atomic E-state index is 0.105. The minimum Gasteiger partial charge on any atom is -0.351 e. The molecule has 3 N–H and O–H groups in total. The molecule has 1 unspecified atom stereocenters. The summed E-state index contributed by atoms with van der Waals surface area (Å²) in [6.07, 6.45) is 0. The molecular weight excluding hydrogens is 344 g/mol. The van der Waals surface area contributed by atoms with E-state index in [9.17, 15) is 18.0 Å². The van der Waals surface area contributed by atoms with Gasteiger partial charge in [0.1, 0.15) is 0 Å². The highest BCUT2D eigenvalue weighted by Gasteiger charge is 2.19. The molecule has 0 fully saturated rings. The Balaban J connectivity index is 2.75. The molecule has 0 aromatic heterocycles. The summed E-state index contributed by atoms with van der Waals surface area (Å²) in [5, 5.41) is 5.39. The molecule has 140 valence electrons. The number of benzene rings is 1. The van der Waals surface area contributed by atoms with Gasteiger partial charge in [0.15, 0.2) is 13.1 Å². The van der Waals surface area contributed by atoms with Crippen LogP contribution in [0.3, 0.4) is 0 Å². The van der Waals surface area contributed by atoms with Gasteiger partial charge in [-0.2, -0.15) is 0 Å². The molecule has 1 rings (SSSR count). The molecule has 0 saturated carbocycles. The van der Waals surface area contributed by atoms with Crippen molar-refractivity contribution in [1.29, 1.82) is 0 Å². The Kier molecular flexibility index (Phi) is 8.01. The van der Waals surface area contributed by atoms with Crippen LogP contribution in [0, 0.1) is 0 Å². The fourth-order valence-corrected chi connectivity index (χ4v) is 3.12. The Morgan fingerprint density at radius 3 is 2.32 bits per heavy atom. The predicted octanol–water partition coefficient (Wildman–Crippen LogP) is -1.08.